The van der Waals surface area contributed by atoms with Gasteiger partial charge in [-0.05, 0) is 31.2 Å². The molecule has 1 atom stereocenters. The summed E-state index contributed by atoms with van der Waals surface area (Å²) < 4.78 is 6.03. The van der Waals surface area contributed by atoms with E-state index in [-0.39, 0.29) is 6.04 Å². The minimum atomic E-state index is -0.118. The molecule has 0 aliphatic carbocycles. The summed E-state index contributed by atoms with van der Waals surface area (Å²) in [4.78, 5) is 8.67. The first-order valence-corrected chi connectivity index (χ1v) is 6.79. The Bertz CT molecular complexity index is 706. The van der Waals surface area contributed by atoms with Gasteiger partial charge in [0.25, 0.3) is 0 Å². The third-order valence-corrected chi connectivity index (χ3v) is 3.30. The summed E-state index contributed by atoms with van der Waals surface area (Å²) in [7, 11) is 0. The lowest BCUT2D eigenvalue weighted by molar-refractivity contribution is 0.463. The highest BCUT2D eigenvalue weighted by atomic mass is 16.3. The third kappa shape index (κ3) is 2.30. The summed E-state index contributed by atoms with van der Waals surface area (Å²) >= 11 is 0. The Kier molecular flexibility index (Phi) is 3.48. The van der Waals surface area contributed by atoms with Crippen molar-refractivity contribution in [1.82, 2.24) is 15.3 Å². The number of furan rings is 1. The molecule has 4 heteroatoms. The molecule has 2 heterocycles. The predicted molar refractivity (Wildman–Crippen MR) is 78.5 cm³/mol. The SMILES string of the molecule is CCNC(c1ncccn1)c1cc2cccc(C)c2o1. The fourth-order valence-electron chi connectivity index (χ4n) is 2.35. The number of aromatic nitrogens is 2. The molecule has 0 radical (unpaired) electrons. The lowest BCUT2D eigenvalue weighted by atomic mass is 10.1. The number of para-hydroxylation sites is 1. The van der Waals surface area contributed by atoms with E-state index in [4.69, 9.17) is 4.42 Å². The van der Waals surface area contributed by atoms with Gasteiger partial charge in [0, 0.05) is 17.8 Å². The van der Waals surface area contributed by atoms with Gasteiger partial charge in [-0.2, -0.15) is 0 Å². The molecule has 1 aromatic carbocycles. The second kappa shape index (κ2) is 5.43. The average molecular weight is 267 g/mol. The molecule has 0 saturated heterocycles. The Morgan fingerprint density at radius 2 is 2.00 bits per heavy atom. The summed E-state index contributed by atoms with van der Waals surface area (Å²) in [6.45, 7) is 4.93. The van der Waals surface area contributed by atoms with Crippen molar-refractivity contribution in [3.05, 3.63) is 59.9 Å². The van der Waals surface area contributed by atoms with E-state index < -0.39 is 0 Å². The molecule has 0 bridgehead atoms. The number of benzene rings is 1. The van der Waals surface area contributed by atoms with Gasteiger partial charge in [0.1, 0.15) is 17.4 Å². The maximum atomic E-state index is 6.03. The third-order valence-electron chi connectivity index (χ3n) is 3.30. The van der Waals surface area contributed by atoms with Gasteiger partial charge >= 0.3 is 0 Å². The van der Waals surface area contributed by atoms with Crippen LogP contribution in [0.2, 0.25) is 0 Å². The van der Waals surface area contributed by atoms with E-state index >= 15 is 0 Å². The number of aryl methyl sites for hydroxylation is 1. The molecule has 0 fully saturated rings. The van der Waals surface area contributed by atoms with E-state index in [1.807, 2.05) is 12.1 Å². The number of rotatable bonds is 4. The average Bonchev–Trinajstić information content (AvgIpc) is 2.91. The van der Waals surface area contributed by atoms with E-state index in [0.717, 1.165) is 34.7 Å². The maximum Gasteiger partial charge on any atom is 0.152 e. The summed E-state index contributed by atoms with van der Waals surface area (Å²) in [6.07, 6.45) is 3.50. The standard InChI is InChI=1S/C16H17N3O/c1-3-17-14(16-18-8-5-9-19-16)13-10-12-7-4-6-11(2)15(12)20-13/h4-10,14,17H,3H2,1-2H3. The van der Waals surface area contributed by atoms with Crippen LogP contribution in [0.15, 0.2) is 47.1 Å². The Hall–Kier alpha value is -2.20. The van der Waals surface area contributed by atoms with E-state index in [2.05, 4.69) is 47.3 Å². The maximum absolute atomic E-state index is 6.03. The van der Waals surface area contributed by atoms with Crippen molar-refractivity contribution < 1.29 is 4.42 Å². The number of fused-ring (bicyclic) bond motifs is 1. The van der Waals surface area contributed by atoms with Crippen LogP contribution in [0, 0.1) is 6.92 Å². The van der Waals surface area contributed by atoms with Crippen LogP contribution in [0.5, 0.6) is 0 Å². The second-order valence-corrected chi connectivity index (χ2v) is 4.74. The molecule has 20 heavy (non-hydrogen) atoms. The number of nitrogens with zero attached hydrogens (tertiary/aromatic N) is 2. The van der Waals surface area contributed by atoms with Crippen LogP contribution in [0.3, 0.4) is 0 Å². The van der Waals surface area contributed by atoms with Crippen molar-refractivity contribution in [3.63, 3.8) is 0 Å². The molecule has 0 saturated carbocycles. The fraction of sp³-hybridized carbons (Fsp3) is 0.250. The van der Waals surface area contributed by atoms with Crippen LogP contribution in [0.25, 0.3) is 11.0 Å². The van der Waals surface area contributed by atoms with Crippen molar-refractivity contribution in [1.29, 1.82) is 0 Å². The Balaban J connectivity index is 2.08. The molecule has 3 rings (SSSR count). The zero-order valence-corrected chi connectivity index (χ0v) is 11.6. The summed E-state index contributed by atoms with van der Waals surface area (Å²) in [5.74, 6) is 1.58. The highest BCUT2D eigenvalue weighted by Gasteiger charge is 2.20. The normalized spacial score (nSPS) is 12.7. The predicted octanol–water partition coefficient (Wildman–Crippen LogP) is 3.23. The zero-order valence-electron chi connectivity index (χ0n) is 11.6. The van der Waals surface area contributed by atoms with Crippen molar-refractivity contribution in [3.8, 4) is 0 Å². The molecular formula is C16H17N3O. The molecule has 1 N–H and O–H groups in total. The van der Waals surface area contributed by atoms with Gasteiger partial charge in [-0.1, -0.05) is 25.1 Å². The number of nitrogens with one attached hydrogen (secondary N) is 1. The Morgan fingerprint density at radius 3 is 2.70 bits per heavy atom. The number of hydrogen-bond donors (Lipinski definition) is 1. The summed E-state index contributed by atoms with van der Waals surface area (Å²) in [6, 6.07) is 9.91. The van der Waals surface area contributed by atoms with Crippen LogP contribution in [-0.4, -0.2) is 16.5 Å². The minimum Gasteiger partial charge on any atom is -0.459 e. The molecule has 4 nitrogen and oxygen atoms in total. The van der Waals surface area contributed by atoms with Crippen LogP contribution in [-0.2, 0) is 0 Å². The molecule has 0 amide bonds. The highest BCUT2D eigenvalue weighted by Crippen LogP contribution is 2.28. The molecule has 0 aliphatic heterocycles. The molecule has 2 aromatic heterocycles. The van der Waals surface area contributed by atoms with E-state index in [1.54, 1.807) is 12.4 Å². The van der Waals surface area contributed by atoms with Gasteiger partial charge in [-0.3, -0.25) is 0 Å². The van der Waals surface area contributed by atoms with Gasteiger partial charge in [0.15, 0.2) is 5.82 Å². The topological polar surface area (TPSA) is 51.0 Å². The van der Waals surface area contributed by atoms with Gasteiger partial charge in [0.2, 0.25) is 0 Å². The van der Waals surface area contributed by atoms with Crippen LogP contribution in [0.4, 0.5) is 0 Å². The van der Waals surface area contributed by atoms with Gasteiger partial charge in [-0.15, -0.1) is 0 Å². The van der Waals surface area contributed by atoms with E-state index in [1.165, 1.54) is 0 Å². The van der Waals surface area contributed by atoms with Crippen molar-refractivity contribution in [2.24, 2.45) is 0 Å². The molecule has 102 valence electrons. The molecular weight excluding hydrogens is 250 g/mol. The Morgan fingerprint density at radius 1 is 1.20 bits per heavy atom. The smallest absolute Gasteiger partial charge is 0.152 e. The van der Waals surface area contributed by atoms with E-state index in [0.29, 0.717) is 0 Å². The first kappa shape index (κ1) is 12.8. The van der Waals surface area contributed by atoms with Crippen molar-refractivity contribution in [2.75, 3.05) is 6.54 Å². The largest absolute Gasteiger partial charge is 0.459 e. The van der Waals surface area contributed by atoms with Gasteiger partial charge in [0.05, 0.1) is 0 Å². The van der Waals surface area contributed by atoms with Gasteiger partial charge in [-0.25, -0.2) is 9.97 Å². The first-order valence-electron chi connectivity index (χ1n) is 6.79. The Labute approximate surface area is 117 Å². The minimum absolute atomic E-state index is 0.118. The molecule has 0 aliphatic rings. The van der Waals surface area contributed by atoms with Crippen LogP contribution < -0.4 is 5.32 Å². The van der Waals surface area contributed by atoms with Gasteiger partial charge < -0.3 is 9.73 Å². The zero-order chi connectivity index (χ0) is 13.9. The second-order valence-electron chi connectivity index (χ2n) is 4.74. The van der Waals surface area contributed by atoms with Crippen LogP contribution in [0.1, 0.15) is 30.1 Å². The summed E-state index contributed by atoms with van der Waals surface area (Å²) in [5, 5.41) is 4.49. The van der Waals surface area contributed by atoms with Crippen molar-refractivity contribution in [2.45, 2.75) is 19.9 Å². The molecule has 1 unspecified atom stereocenters. The number of hydrogen-bond acceptors (Lipinski definition) is 4. The quantitative estimate of drug-likeness (QED) is 0.788. The molecule has 0 spiro atoms. The monoisotopic (exact) mass is 267 g/mol. The fourth-order valence-corrected chi connectivity index (χ4v) is 2.35. The highest BCUT2D eigenvalue weighted by molar-refractivity contribution is 5.81. The lowest BCUT2D eigenvalue weighted by Gasteiger charge is -2.13. The van der Waals surface area contributed by atoms with Crippen molar-refractivity contribution >= 4 is 11.0 Å². The summed E-state index contributed by atoms with van der Waals surface area (Å²) in [5.41, 5.74) is 2.07. The molecule has 3 aromatic rings. The first-order chi connectivity index (χ1) is 9.79. The van der Waals surface area contributed by atoms with Crippen LogP contribution >= 0.6 is 0 Å². The lowest BCUT2D eigenvalue weighted by Crippen LogP contribution is -2.23. The van der Waals surface area contributed by atoms with E-state index in [9.17, 15) is 0 Å².